The molecule has 10 nitrogen and oxygen atoms in total. The van der Waals surface area contributed by atoms with E-state index in [2.05, 4.69) is 40.5 Å². The van der Waals surface area contributed by atoms with Crippen LogP contribution in [0.3, 0.4) is 0 Å². The van der Waals surface area contributed by atoms with E-state index in [-0.39, 0.29) is 5.69 Å². The van der Waals surface area contributed by atoms with Gasteiger partial charge in [0.2, 0.25) is 5.65 Å². The van der Waals surface area contributed by atoms with Crippen molar-refractivity contribution in [2.75, 3.05) is 0 Å². The highest BCUT2D eigenvalue weighted by Gasteiger charge is 2.17. The predicted octanol–water partition coefficient (Wildman–Crippen LogP) is 4.58. The van der Waals surface area contributed by atoms with Gasteiger partial charge in [-0.15, -0.1) is 20.4 Å². The van der Waals surface area contributed by atoms with Gasteiger partial charge in [0.15, 0.2) is 23.1 Å². The summed E-state index contributed by atoms with van der Waals surface area (Å²) in [5.74, 6) is 1.52. The van der Waals surface area contributed by atoms with Crippen LogP contribution in [-0.2, 0) is 0 Å². The van der Waals surface area contributed by atoms with Crippen molar-refractivity contribution in [2.45, 2.75) is 6.92 Å². The number of benzene rings is 1. The number of aryl methyl sites for hydroxylation is 1. The van der Waals surface area contributed by atoms with E-state index >= 15 is 0 Å². The first-order chi connectivity index (χ1) is 14.8. The van der Waals surface area contributed by atoms with Crippen LogP contribution in [0, 0.1) is 13.5 Å². The lowest BCUT2D eigenvalue weighted by Gasteiger charge is -2.02. The maximum Gasteiger partial charge on any atom is 0.252 e. The van der Waals surface area contributed by atoms with E-state index in [0.717, 1.165) is 11.3 Å². The molecule has 10 heteroatoms. The fourth-order valence-electron chi connectivity index (χ4n) is 3.08. The molecule has 0 fully saturated rings. The highest BCUT2D eigenvalue weighted by molar-refractivity contribution is 5.71. The van der Waals surface area contributed by atoms with Crippen LogP contribution in [0.25, 0.3) is 27.7 Å². The summed E-state index contributed by atoms with van der Waals surface area (Å²) in [5.41, 5.74) is 3.06. The van der Waals surface area contributed by atoms with E-state index in [1.165, 1.54) is 10.9 Å². The number of nitrogens with zero attached hydrogens (tertiary/aromatic N) is 9. The summed E-state index contributed by atoms with van der Waals surface area (Å²) in [6.45, 7) is 9.28. The Balaban J connectivity index is 1.59. The summed E-state index contributed by atoms with van der Waals surface area (Å²) in [6.07, 6.45) is 3.09. The monoisotopic (exact) mass is 394 g/mol. The van der Waals surface area contributed by atoms with Gasteiger partial charge >= 0.3 is 0 Å². The molecule has 5 aromatic rings. The van der Waals surface area contributed by atoms with Crippen LogP contribution < -0.4 is 0 Å². The molecule has 0 radical (unpaired) electrons. The lowest BCUT2D eigenvalue weighted by molar-refractivity contribution is 0.839. The third-order valence-electron chi connectivity index (χ3n) is 4.50. The largest absolute Gasteiger partial charge is 0.293 e. The number of pyridine rings is 1. The molecule has 30 heavy (non-hydrogen) atoms. The molecule has 0 unspecified atom stereocenters. The zero-order chi connectivity index (χ0) is 20.5. The quantitative estimate of drug-likeness (QED) is 0.356. The number of hydrogen-bond acceptors (Lipinski definition) is 6. The lowest BCUT2D eigenvalue weighted by Crippen LogP contribution is -1.97. The Morgan fingerprint density at radius 2 is 1.87 bits per heavy atom. The van der Waals surface area contributed by atoms with Crippen molar-refractivity contribution in [3.05, 3.63) is 78.0 Å². The molecule has 144 valence electrons. The standard InChI is InChI=1S/C20H14N10/c1-13-17(20-27-25-18(30(20)28-13)14-8-4-3-5-9-14)24-26-19-15(21-2)12-23-29(19)16-10-6-7-11-22-16/h3-12,28H,1H3. The highest BCUT2D eigenvalue weighted by Crippen LogP contribution is 2.33. The minimum Gasteiger partial charge on any atom is -0.293 e. The van der Waals surface area contributed by atoms with Gasteiger partial charge in [-0.3, -0.25) is 5.10 Å². The number of aromatic nitrogens is 7. The van der Waals surface area contributed by atoms with Gasteiger partial charge in [0.1, 0.15) is 0 Å². The second-order valence-corrected chi connectivity index (χ2v) is 6.40. The normalized spacial score (nSPS) is 11.3. The first-order valence-corrected chi connectivity index (χ1v) is 9.04. The molecule has 1 aromatic carbocycles. The van der Waals surface area contributed by atoms with Gasteiger partial charge in [0, 0.05) is 11.8 Å². The Morgan fingerprint density at radius 3 is 2.63 bits per heavy atom. The molecule has 5 rings (SSSR count). The van der Waals surface area contributed by atoms with E-state index < -0.39 is 0 Å². The molecule has 0 aliphatic carbocycles. The summed E-state index contributed by atoms with van der Waals surface area (Å²) < 4.78 is 3.25. The molecule has 0 amide bonds. The summed E-state index contributed by atoms with van der Waals surface area (Å²) in [5, 5.41) is 24.7. The molecule has 4 heterocycles. The van der Waals surface area contributed by atoms with Gasteiger partial charge < -0.3 is 0 Å². The number of nitrogens with one attached hydrogen (secondary N) is 1. The van der Waals surface area contributed by atoms with Crippen molar-refractivity contribution in [1.82, 2.24) is 34.6 Å². The fraction of sp³-hybridized carbons (Fsp3) is 0.0500. The van der Waals surface area contributed by atoms with Gasteiger partial charge in [-0.25, -0.2) is 19.0 Å². The van der Waals surface area contributed by atoms with Gasteiger partial charge in [-0.2, -0.15) is 5.10 Å². The SMILES string of the molecule is [C-]#[N+]c1cnn(-c2ccccn2)c1N=Nc1c(C)[nH]n2c(-c3ccccc3)nnc12. The van der Waals surface area contributed by atoms with E-state index in [4.69, 9.17) is 6.57 Å². The number of azo groups is 1. The first kappa shape index (κ1) is 17.4. The number of fused-ring (bicyclic) bond motifs is 1. The molecule has 4 aromatic heterocycles. The van der Waals surface area contributed by atoms with Gasteiger partial charge in [0.25, 0.3) is 5.69 Å². The van der Waals surface area contributed by atoms with Crippen molar-refractivity contribution in [3.63, 3.8) is 0 Å². The Kier molecular flexibility index (Phi) is 4.11. The van der Waals surface area contributed by atoms with E-state index in [1.54, 1.807) is 22.8 Å². The number of H-pyrrole nitrogens is 1. The van der Waals surface area contributed by atoms with Crippen LogP contribution in [0.5, 0.6) is 0 Å². The number of rotatable bonds is 4. The fourth-order valence-corrected chi connectivity index (χ4v) is 3.08. The summed E-state index contributed by atoms with van der Waals surface area (Å²) in [6, 6.07) is 15.2. The second kappa shape index (κ2) is 7.06. The van der Waals surface area contributed by atoms with Crippen LogP contribution in [0.15, 0.2) is 71.2 Å². The van der Waals surface area contributed by atoms with Crippen LogP contribution >= 0.6 is 0 Å². The second-order valence-electron chi connectivity index (χ2n) is 6.40. The molecule has 0 aliphatic rings. The topological polar surface area (TPSA) is 106 Å². The van der Waals surface area contributed by atoms with E-state index in [0.29, 0.717) is 28.8 Å². The smallest absolute Gasteiger partial charge is 0.252 e. The molecule has 0 atom stereocenters. The van der Waals surface area contributed by atoms with Gasteiger partial charge in [-0.1, -0.05) is 36.4 Å². The molecule has 0 spiro atoms. The molecular weight excluding hydrogens is 380 g/mol. The molecule has 0 aliphatic heterocycles. The Labute approximate surface area is 170 Å². The van der Waals surface area contributed by atoms with Crippen LogP contribution in [0.1, 0.15) is 5.69 Å². The average Bonchev–Trinajstić information content (AvgIpc) is 3.47. The molecule has 1 N–H and O–H groups in total. The Hall–Kier alpha value is -4.65. The lowest BCUT2D eigenvalue weighted by atomic mass is 10.2. The van der Waals surface area contributed by atoms with Crippen LogP contribution in [0.2, 0.25) is 0 Å². The van der Waals surface area contributed by atoms with Crippen molar-refractivity contribution in [3.8, 4) is 17.2 Å². The van der Waals surface area contributed by atoms with Crippen LogP contribution in [-0.4, -0.2) is 34.6 Å². The number of hydrogen-bond donors (Lipinski definition) is 1. The van der Waals surface area contributed by atoms with Gasteiger partial charge in [0.05, 0.1) is 18.5 Å². The third-order valence-corrected chi connectivity index (χ3v) is 4.50. The van der Waals surface area contributed by atoms with E-state index in [9.17, 15) is 0 Å². The van der Waals surface area contributed by atoms with E-state index in [1.807, 2.05) is 43.3 Å². The van der Waals surface area contributed by atoms with Crippen LogP contribution in [0.4, 0.5) is 17.2 Å². The average molecular weight is 394 g/mol. The predicted molar refractivity (Wildman–Crippen MR) is 109 cm³/mol. The van der Waals surface area contributed by atoms with Crippen molar-refractivity contribution < 1.29 is 0 Å². The molecule has 0 saturated heterocycles. The minimum atomic E-state index is 0.278. The maximum absolute atomic E-state index is 7.40. The zero-order valence-electron chi connectivity index (χ0n) is 15.8. The molecular formula is C20H14N10. The molecule has 0 bridgehead atoms. The highest BCUT2D eigenvalue weighted by atomic mass is 15.4. The Bertz CT molecular complexity index is 1400. The molecule has 0 saturated carbocycles. The maximum atomic E-state index is 7.40. The third kappa shape index (κ3) is 2.82. The zero-order valence-corrected chi connectivity index (χ0v) is 15.8. The minimum absolute atomic E-state index is 0.278. The van der Waals surface area contributed by atoms with Crippen molar-refractivity contribution in [1.29, 1.82) is 0 Å². The Morgan fingerprint density at radius 1 is 1.03 bits per heavy atom. The van der Waals surface area contributed by atoms with Crippen molar-refractivity contribution in [2.24, 2.45) is 10.2 Å². The van der Waals surface area contributed by atoms with Crippen molar-refractivity contribution >= 4 is 22.8 Å². The summed E-state index contributed by atoms with van der Waals surface area (Å²) >= 11 is 0. The number of aromatic amines is 1. The summed E-state index contributed by atoms with van der Waals surface area (Å²) in [4.78, 5) is 7.76. The first-order valence-electron chi connectivity index (χ1n) is 9.04. The van der Waals surface area contributed by atoms with Gasteiger partial charge in [-0.05, 0) is 19.1 Å². The summed E-state index contributed by atoms with van der Waals surface area (Å²) in [7, 11) is 0.